The average Bonchev–Trinajstić information content (AvgIpc) is 3.15. The van der Waals surface area contributed by atoms with Crippen LogP contribution in [0, 0.1) is 24.0 Å². The Morgan fingerprint density at radius 2 is 1.86 bits per heavy atom. The van der Waals surface area contributed by atoms with Gasteiger partial charge in [-0.25, -0.2) is 4.98 Å². The van der Waals surface area contributed by atoms with Crippen LogP contribution < -0.4 is 0 Å². The van der Waals surface area contributed by atoms with Gasteiger partial charge >= 0.3 is 0 Å². The van der Waals surface area contributed by atoms with Crippen molar-refractivity contribution in [1.82, 2.24) is 9.55 Å². The number of rotatable bonds is 7. The van der Waals surface area contributed by atoms with Crippen LogP contribution in [0.5, 0.6) is 0 Å². The Morgan fingerprint density at radius 1 is 1.18 bits per heavy atom. The van der Waals surface area contributed by atoms with E-state index >= 15 is 0 Å². The van der Waals surface area contributed by atoms with Crippen molar-refractivity contribution in [2.75, 3.05) is 0 Å². The van der Waals surface area contributed by atoms with Gasteiger partial charge in [-0.1, -0.05) is 48.0 Å². The number of hydrogen-bond donors (Lipinski definition) is 1. The number of aryl methyl sites for hydroxylation is 3. The van der Waals surface area contributed by atoms with Crippen molar-refractivity contribution in [3.8, 4) is 0 Å². The molecule has 0 bridgehead atoms. The first-order valence-corrected chi connectivity index (χ1v) is 9.89. The summed E-state index contributed by atoms with van der Waals surface area (Å²) < 4.78 is 2.19. The topological polar surface area (TPSA) is 81.2 Å². The van der Waals surface area contributed by atoms with Crippen molar-refractivity contribution in [2.45, 2.75) is 43.4 Å². The molecule has 1 N–H and O–H groups in total. The van der Waals surface area contributed by atoms with Crippen molar-refractivity contribution in [1.29, 1.82) is 0 Å². The Labute approximate surface area is 169 Å². The maximum atomic E-state index is 8.36. The Hall–Kier alpha value is -2.80. The van der Waals surface area contributed by atoms with Crippen LogP contribution in [0.15, 0.2) is 72.1 Å². The smallest absolute Gasteiger partial charge is 0.291 e. The van der Waals surface area contributed by atoms with Gasteiger partial charge in [0.15, 0.2) is 0 Å². The van der Waals surface area contributed by atoms with Gasteiger partial charge in [-0.3, -0.25) is 0 Å². The van der Waals surface area contributed by atoms with E-state index in [0.717, 1.165) is 19.4 Å². The van der Waals surface area contributed by atoms with Crippen molar-refractivity contribution < 1.29 is 10.3 Å². The molecule has 0 saturated heterocycles. The highest BCUT2D eigenvalue weighted by molar-refractivity contribution is 8.00. The number of nitrogens with zero attached hydrogens (tertiary/aromatic N) is 3. The third-order valence-electron chi connectivity index (χ3n) is 4.24. The quantitative estimate of drug-likeness (QED) is 0.345. The minimum absolute atomic E-state index is 0.529. The first-order valence-electron chi connectivity index (χ1n) is 9.01. The van der Waals surface area contributed by atoms with E-state index < -0.39 is 5.09 Å². The van der Waals surface area contributed by atoms with Crippen molar-refractivity contribution in [2.24, 2.45) is 0 Å². The first-order chi connectivity index (χ1) is 13.4. The Kier molecular flexibility index (Phi) is 8.55. The number of hydrogen-bond acceptors (Lipinski definition) is 4. The van der Waals surface area contributed by atoms with Crippen LogP contribution in [-0.2, 0) is 13.0 Å². The van der Waals surface area contributed by atoms with Crippen molar-refractivity contribution >= 4 is 11.8 Å². The van der Waals surface area contributed by atoms with E-state index in [9.17, 15) is 0 Å². The summed E-state index contributed by atoms with van der Waals surface area (Å²) in [6.07, 6.45) is 8.09. The Balaban J connectivity index is 0.000000640. The van der Waals surface area contributed by atoms with Gasteiger partial charge in [0.2, 0.25) is 0 Å². The van der Waals surface area contributed by atoms with Gasteiger partial charge in [0.1, 0.15) is 0 Å². The molecule has 0 radical (unpaired) electrons. The second-order valence-corrected chi connectivity index (χ2v) is 7.87. The minimum atomic E-state index is -1.50. The monoisotopic (exact) mass is 399 g/mol. The molecule has 3 rings (SSSR count). The Bertz CT molecular complexity index is 848. The molecule has 7 heteroatoms. The zero-order valence-corrected chi connectivity index (χ0v) is 16.9. The molecule has 0 aliphatic carbocycles. The largest absolute Gasteiger partial charge is 0.336 e. The summed E-state index contributed by atoms with van der Waals surface area (Å²) in [4.78, 5) is 13.9. The second kappa shape index (κ2) is 11.1. The number of benzene rings is 2. The van der Waals surface area contributed by atoms with Crippen molar-refractivity contribution in [3.63, 3.8) is 0 Å². The fourth-order valence-corrected chi connectivity index (χ4v) is 4.02. The van der Waals surface area contributed by atoms with Gasteiger partial charge in [-0.05, 0) is 43.9 Å². The van der Waals surface area contributed by atoms with E-state index in [1.165, 1.54) is 21.6 Å². The highest BCUT2D eigenvalue weighted by Gasteiger charge is 2.13. The molecule has 0 aliphatic rings. The average molecular weight is 400 g/mol. The van der Waals surface area contributed by atoms with Crippen LogP contribution in [0.3, 0.4) is 0 Å². The SMILES string of the molecule is Cc1ccc(CCC(Cn2ccnc2)Sc2ccccc2C)cc1.O=[N+]([O-])O. The molecule has 0 fully saturated rings. The molecule has 1 unspecified atom stereocenters. The summed E-state index contributed by atoms with van der Waals surface area (Å²) in [5.41, 5.74) is 4.10. The van der Waals surface area contributed by atoms with Crippen LogP contribution >= 0.6 is 11.8 Å². The highest BCUT2D eigenvalue weighted by atomic mass is 32.2. The molecule has 148 valence electrons. The van der Waals surface area contributed by atoms with Gasteiger partial charge < -0.3 is 9.77 Å². The molecular weight excluding hydrogens is 374 g/mol. The lowest BCUT2D eigenvalue weighted by Crippen LogP contribution is -2.13. The Morgan fingerprint density at radius 3 is 2.46 bits per heavy atom. The van der Waals surface area contributed by atoms with E-state index in [4.69, 9.17) is 15.3 Å². The number of thioether (sulfide) groups is 1. The van der Waals surface area contributed by atoms with Gasteiger partial charge in [0.25, 0.3) is 5.09 Å². The van der Waals surface area contributed by atoms with E-state index in [0.29, 0.717) is 5.25 Å². The lowest BCUT2D eigenvalue weighted by Gasteiger charge is -2.18. The molecule has 6 nitrogen and oxygen atoms in total. The molecule has 0 spiro atoms. The molecule has 3 aromatic rings. The fourth-order valence-electron chi connectivity index (χ4n) is 2.77. The van der Waals surface area contributed by atoms with E-state index in [1.54, 1.807) is 0 Å². The van der Waals surface area contributed by atoms with Crippen LogP contribution in [0.2, 0.25) is 0 Å². The summed E-state index contributed by atoms with van der Waals surface area (Å²) in [6.45, 7) is 5.32. The third kappa shape index (κ3) is 7.84. The molecule has 0 aliphatic heterocycles. The molecule has 0 saturated carbocycles. The summed E-state index contributed by atoms with van der Waals surface area (Å²) in [5, 5.41) is 14.2. The van der Waals surface area contributed by atoms with Gasteiger partial charge in [-0.15, -0.1) is 21.9 Å². The molecule has 0 amide bonds. The van der Waals surface area contributed by atoms with Crippen LogP contribution in [0.1, 0.15) is 23.1 Å². The molecule has 1 heterocycles. The maximum absolute atomic E-state index is 8.36. The molecule has 28 heavy (non-hydrogen) atoms. The predicted molar refractivity (Wildman–Crippen MR) is 111 cm³/mol. The molecule has 2 aromatic carbocycles. The predicted octanol–water partition coefficient (Wildman–Crippen LogP) is 4.95. The normalized spacial score (nSPS) is 11.4. The fraction of sp³-hybridized carbons (Fsp3) is 0.286. The lowest BCUT2D eigenvalue weighted by atomic mass is 10.1. The van der Waals surface area contributed by atoms with Crippen LogP contribution in [0.4, 0.5) is 0 Å². The maximum Gasteiger partial charge on any atom is 0.291 e. The summed E-state index contributed by atoms with van der Waals surface area (Å²) in [5.74, 6) is 0. The second-order valence-electron chi connectivity index (χ2n) is 6.53. The summed E-state index contributed by atoms with van der Waals surface area (Å²) in [6, 6.07) is 17.6. The van der Waals surface area contributed by atoms with Gasteiger partial charge in [-0.2, -0.15) is 0 Å². The lowest BCUT2D eigenvalue weighted by molar-refractivity contribution is -0.742. The number of aromatic nitrogens is 2. The van der Waals surface area contributed by atoms with E-state index in [-0.39, 0.29) is 0 Å². The standard InChI is InChI=1S/C21H24N2S.HNO3/c1-17-7-9-19(10-8-17)11-12-20(15-23-14-13-22-16-23)24-21-6-4-3-5-18(21)2;2-1(3)4/h3-10,13-14,16,20H,11-12,15H2,1-2H3;(H,2,3,4). The van der Waals surface area contributed by atoms with Crippen LogP contribution in [0.25, 0.3) is 0 Å². The zero-order valence-electron chi connectivity index (χ0n) is 16.1. The van der Waals surface area contributed by atoms with Gasteiger partial charge in [0, 0.05) is 29.1 Å². The molecular formula is C21H25N3O3S. The highest BCUT2D eigenvalue weighted by Crippen LogP contribution is 2.30. The first kappa shape index (κ1) is 21.5. The van der Waals surface area contributed by atoms with E-state index in [2.05, 4.69) is 78.1 Å². The summed E-state index contributed by atoms with van der Waals surface area (Å²) >= 11 is 1.99. The molecule has 1 atom stereocenters. The number of imidazole rings is 1. The zero-order chi connectivity index (χ0) is 20.4. The minimum Gasteiger partial charge on any atom is -0.336 e. The van der Waals surface area contributed by atoms with Crippen molar-refractivity contribution in [3.05, 3.63) is 94.1 Å². The summed E-state index contributed by atoms with van der Waals surface area (Å²) in [7, 11) is 0. The van der Waals surface area contributed by atoms with Crippen LogP contribution in [-0.4, -0.2) is 25.1 Å². The van der Waals surface area contributed by atoms with E-state index in [1.807, 2.05) is 24.3 Å². The molecule has 1 aromatic heterocycles. The third-order valence-corrected chi connectivity index (χ3v) is 5.67. The van der Waals surface area contributed by atoms with Gasteiger partial charge in [0.05, 0.1) is 6.33 Å².